The Morgan fingerprint density at radius 3 is 2.50 bits per heavy atom. The summed E-state index contributed by atoms with van der Waals surface area (Å²) >= 11 is 0. The van der Waals surface area contributed by atoms with Gasteiger partial charge in [-0.2, -0.15) is 0 Å². The lowest BCUT2D eigenvalue weighted by Gasteiger charge is -2.11. The number of anilines is 1. The maximum absolute atomic E-state index is 12.1. The Morgan fingerprint density at radius 2 is 1.86 bits per heavy atom. The number of rotatable bonds is 8. The molecule has 0 unspecified atom stereocenters. The maximum atomic E-state index is 12.1. The van der Waals surface area contributed by atoms with Crippen LogP contribution in [0.2, 0.25) is 0 Å². The summed E-state index contributed by atoms with van der Waals surface area (Å²) in [4.78, 5) is 34.7. The molecule has 0 fully saturated rings. The van der Waals surface area contributed by atoms with Crippen molar-refractivity contribution in [1.82, 2.24) is 0 Å². The van der Waals surface area contributed by atoms with E-state index in [4.69, 9.17) is 14.2 Å². The quantitative estimate of drug-likeness (QED) is 0.419. The molecule has 0 saturated carbocycles. The summed E-state index contributed by atoms with van der Waals surface area (Å²) in [6.45, 7) is 3.23. The number of nitrogens with one attached hydrogen (secondary N) is 1. The SMILES string of the molecule is CCOc1ccc(C(=O)OCC(=O)Nc2cc(C)ccc2OC)cc1[N+](=O)[O-]. The normalized spacial score (nSPS) is 10.1. The van der Waals surface area contributed by atoms with Crippen molar-refractivity contribution in [2.24, 2.45) is 0 Å². The van der Waals surface area contributed by atoms with E-state index < -0.39 is 23.4 Å². The van der Waals surface area contributed by atoms with Crippen LogP contribution in [0.4, 0.5) is 11.4 Å². The molecule has 1 N–H and O–H groups in total. The lowest BCUT2D eigenvalue weighted by Crippen LogP contribution is -2.21. The van der Waals surface area contributed by atoms with Gasteiger partial charge in [0.05, 0.1) is 29.9 Å². The molecule has 0 spiro atoms. The smallest absolute Gasteiger partial charge is 0.338 e. The lowest BCUT2D eigenvalue weighted by molar-refractivity contribution is -0.385. The first-order valence-electron chi connectivity index (χ1n) is 8.38. The molecule has 0 aliphatic heterocycles. The Bertz CT molecular complexity index is 896. The van der Waals surface area contributed by atoms with Crippen LogP contribution < -0.4 is 14.8 Å². The minimum absolute atomic E-state index is 0.0494. The van der Waals surface area contributed by atoms with Gasteiger partial charge in [0.2, 0.25) is 0 Å². The second kappa shape index (κ2) is 9.36. The number of carbonyl (C=O) groups excluding carboxylic acids is 2. The molecule has 148 valence electrons. The van der Waals surface area contributed by atoms with E-state index in [1.54, 1.807) is 19.1 Å². The number of hydrogen-bond acceptors (Lipinski definition) is 7. The van der Waals surface area contributed by atoms with E-state index in [9.17, 15) is 19.7 Å². The largest absolute Gasteiger partial charge is 0.495 e. The van der Waals surface area contributed by atoms with Crippen LogP contribution in [0, 0.1) is 17.0 Å². The van der Waals surface area contributed by atoms with Crippen LogP contribution in [0.5, 0.6) is 11.5 Å². The molecule has 0 radical (unpaired) electrons. The van der Waals surface area contributed by atoms with Gasteiger partial charge in [0.25, 0.3) is 5.91 Å². The molecule has 2 aromatic carbocycles. The third-order valence-corrected chi connectivity index (χ3v) is 3.65. The monoisotopic (exact) mass is 388 g/mol. The van der Waals surface area contributed by atoms with Gasteiger partial charge in [0.1, 0.15) is 5.75 Å². The summed E-state index contributed by atoms with van der Waals surface area (Å²) in [6, 6.07) is 8.95. The standard InChI is InChI=1S/C19H20N2O7/c1-4-27-17-8-6-13(10-15(17)21(24)25)19(23)28-11-18(22)20-14-9-12(2)5-7-16(14)26-3/h5-10H,4,11H2,1-3H3,(H,20,22). The summed E-state index contributed by atoms with van der Waals surface area (Å²) < 4.78 is 15.3. The zero-order chi connectivity index (χ0) is 20.7. The topological polar surface area (TPSA) is 117 Å². The number of nitro benzene ring substituents is 1. The van der Waals surface area contributed by atoms with E-state index in [-0.39, 0.29) is 23.6 Å². The van der Waals surface area contributed by atoms with E-state index in [2.05, 4.69) is 5.32 Å². The average molecular weight is 388 g/mol. The number of nitro groups is 1. The molecule has 0 saturated heterocycles. The molecular formula is C19H20N2O7. The zero-order valence-electron chi connectivity index (χ0n) is 15.7. The van der Waals surface area contributed by atoms with E-state index in [0.717, 1.165) is 11.6 Å². The fraction of sp³-hybridized carbons (Fsp3) is 0.263. The number of carbonyl (C=O) groups is 2. The fourth-order valence-electron chi connectivity index (χ4n) is 2.38. The zero-order valence-corrected chi connectivity index (χ0v) is 15.7. The van der Waals surface area contributed by atoms with Crippen molar-refractivity contribution in [3.63, 3.8) is 0 Å². The molecule has 9 heteroatoms. The fourth-order valence-corrected chi connectivity index (χ4v) is 2.38. The molecule has 0 atom stereocenters. The first-order chi connectivity index (χ1) is 13.3. The molecule has 0 aromatic heterocycles. The van der Waals surface area contributed by atoms with Gasteiger partial charge in [0, 0.05) is 6.07 Å². The van der Waals surface area contributed by atoms with Gasteiger partial charge in [-0.1, -0.05) is 6.07 Å². The van der Waals surface area contributed by atoms with Gasteiger partial charge < -0.3 is 19.5 Å². The Morgan fingerprint density at radius 1 is 1.14 bits per heavy atom. The van der Waals surface area contributed by atoms with Crippen molar-refractivity contribution in [2.75, 3.05) is 25.6 Å². The molecule has 28 heavy (non-hydrogen) atoms. The van der Waals surface area contributed by atoms with Crippen molar-refractivity contribution in [1.29, 1.82) is 0 Å². The Balaban J connectivity index is 2.04. The number of hydrogen-bond donors (Lipinski definition) is 1. The molecule has 0 aliphatic rings. The number of nitrogens with zero attached hydrogens (tertiary/aromatic N) is 1. The maximum Gasteiger partial charge on any atom is 0.338 e. The lowest BCUT2D eigenvalue weighted by atomic mass is 10.2. The van der Waals surface area contributed by atoms with E-state index in [0.29, 0.717) is 11.4 Å². The van der Waals surface area contributed by atoms with Crippen molar-refractivity contribution in [2.45, 2.75) is 13.8 Å². The third-order valence-electron chi connectivity index (χ3n) is 3.65. The number of aryl methyl sites for hydroxylation is 1. The van der Waals surface area contributed by atoms with E-state index >= 15 is 0 Å². The van der Waals surface area contributed by atoms with Crippen LogP contribution in [0.1, 0.15) is 22.8 Å². The van der Waals surface area contributed by atoms with Gasteiger partial charge in [-0.3, -0.25) is 14.9 Å². The van der Waals surface area contributed by atoms with Crippen LogP contribution in [0.15, 0.2) is 36.4 Å². The van der Waals surface area contributed by atoms with Gasteiger partial charge in [0.15, 0.2) is 12.4 Å². The van der Waals surface area contributed by atoms with E-state index in [1.165, 1.54) is 19.2 Å². The van der Waals surface area contributed by atoms with Gasteiger partial charge >= 0.3 is 11.7 Å². The molecule has 0 heterocycles. The van der Waals surface area contributed by atoms with Crippen LogP contribution >= 0.6 is 0 Å². The molecular weight excluding hydrogens is 368 g/mol. The number of esters is 1. The summed E-state index contributed by atoms with van der Waals surface area (Å²) in [5.74, 6) is -0.920. The molecule has 2 rings (SSSR count). The van der Waals surface area contributed by atoms with Crippen molar-refractivity contribution < 1.29 is 28.7 Å². The first-order valence-corrected chi connectivity index (χ1v) is 8.38. The number of methoxy groups -OCH3 is 1. The molecule has 9 nitrogen and oxygen atoms in total. The highest BCUT2D eigenvalue weighted by molar-refractivity contribution is 5.96. The molecule has 1 amide bonds. The Hall–Kier alpha value is -3.62. The Kier molecular flexibility index (Phi) is 6.91. The minimum Gasteiger partial charge on any atom is -0.495 e. The number of amides is 1. The number of ether oxygens (including phenoxy) is 3. The van der Waals surface area contributed by atoms with Crippen LogP contribution in [-0.4, -0.2) is 37.1 Å². The average Bonchev–Trinajstić information content (AvgIpc) is 2.66. The second-order valence-corrected chi connectivity index (χ2v) is 5.70. The predicted octanol–water partition coefficient (Wildman–Crippen LogP) is 3.11. The molecule has 0 bridgehead atoms. The summed E-state index contributed by atoms with van der Waals surface area (Å²) in [5, 5.41) is 13.7. The Labute approximate surface area is 161 Å². The van der Waals surface area contributed by atoms with Gasteiger partial charge in [-0.25, -0.2) is 4.79 Å². The predicted molar refractivity (Wildman–Crippen MR) is 101 cm³/mol. The summed E-state index contributed by atoms with van der Waals surface area (Å²) in [6.07, 6.45) is 0. The van der Waals surface area contributed by atoms with Gasteiger partial charge in [-0.05, 0) is 43.7 Å². The van der Waals surface area contributed by atoms with Crippen LogP contribution in [0.25, 0.3) is 0 Å². The van der Waals surface area contributed by atoms with Crippen LogP contribution in [0.3, 0.4) is 0 Å². The molecule has 0 aliphatic carbocycles. The van der Waals surface area contributed by atoms with Gasteiger partial charge in [-0.15, -0.1) is 0 Å². The minimum atomic E-state index is -0.863. The van der Waals surface area contributed by atoms with Crippen molar-refractivity contribution in [3.8, 4) is 11.5 Å². The van der Waals surface area contributed by atoms with Crippen molar-refractivity contribution in [3.05, 3.63) is 57.6 Å². The number of benzene rings is 2. The second-order valence-electron chi connectivity index (χ2n) is 5.70. The van der Waals surface area contributed by atoms with E-state index in [1.807, 2.05) is 13.0 Å². The summed E-state index contributed by atoms with van der Waals surface area (Å²) in [5.41, 5.74) is 0.941. The highest BCUT2D eigenvalue weighted by Gasteiger charge is 2.20. The summed E-state index contributed by atoms with van der Waals surface area (Å²) in [7, 11) is 1.47. The van der Waals surface area contributed by atoms with Crippen LogP contribution in [-0.2, 0) is 9.53 Å². The van der Waals surface area contributed by atoms with Crippen molar-refractivity contribution >= 4 is 23.3 Å². The highest BCUT2D eigenvalue weighted by Crippen LogP contribution is 2.28. The first kappa shape index (κ1) is 20.7. The highest BCUT2D eigenvalue weighted by atomic mass is 16.6. The molecule has 2 aromatic rings. The third kappa shape index (κ3) is 5.19.